The summed E-state index contributed by atoms with van der Waals surface area (Å²) in [4.78, 5) is 0.372. The third-order valence-electron chi connectivity index (χ3n) is 3.84. The van der Waals surface area contributed by atoms with Gasteiger partial charge >= 0.3 is 0 Å². The summed E-state index contributed by atoms with van der Waals surface area (Å²) in [6.07, 6.45) is 2.00. The van der Waals surface area contributed by atoms with Crippen LogP contribution in [0.25, 0.3) is 0 Å². The Hall–Kier alpha value is -1.07. The van der Waals surface area contributed by atoms with E-state index >= 15 is 0 Å². The van der Waals surface area contributed by atoms with E-state index in [0.29, 0.717) is 23.9 Å². The summed E-state index contributed by atoms with van der Waals surface area (Å²) in [5.74, 6) is 0.417. The summed E-state index contributed by atoms with van der Waals surface area (Å²) >= 11 is 0. The number of nitrogens with one attached hydrogen (secondary N) is 1. The van der Waals surface area contributed by atoms with Gasteiger partial charge in [0.15, 0.2) is 0 Å². The molecule has 5 heteroatoms. The standard InChI is InChI=1S/C16H28N2O2S/c1-5-14(6-2)13-18(8-4)21(19,20)16-11-9-15(10-12-16)17-7-3/h9-12,14,17H,5-8,13H2,1-4H3. The van der Waals surface area contributed by atoms with E-state index in [-0.39, 0.29) is 0 Å². The number of hydrogen-bond acceptors (Lipinski definition) is 3. The number of nitrogens with zero attached hydrogens (tertiary/aromatic N) is 1. The van der Waals surface area contributed by atoms with Gasteiger partial charge in [0.25, 0.3) is 0 Å². The molecule has 0 amide bonds. The normalized spacial score (nSPS) is 12.1. The van der Waals surface area contributed by atoms with Gasteiger partial charge in [0.1, 0.15) is 0 Å². The summed E-state index contributed by atoms with van der Waals surface area (Å²) in [5.41, 5.74) is 0.944. The van der Waals surface area contributed by atoms with Crippen molar-refractivity contribution < 1.29 is 8.42 Å². The Morgan fingerprint density at radius 2 is 1.62 bits per heavy atom. The van der Waals surface area contributed by atoms with Crippen LogP contribution in [0.5, 0.6) is 0 Å². The fraction of sp³-hybridized carbons (Fsp3) is 0.625. The smallest absolute Gasteiger partial charge is 0.243 e. The zero-order chi connectivity index (χ0) is 15.9. The van der Waals surface area contributed by atoms with Crippen LogP contribution in [0.3, 0.4) is 0 Å². The van der Waals surface area contributed by atoms with Crippen molar-refractivity contribution in [1.29, 1.82) is 0 Å². The third-order valence-corrected chi connectivity index (χ3v) is 5.80. The molecular weight excluding hydrogens is 284 g/mol. The van der Waals surface area contributed by atoms with Crippen molar-refractivity contribution in [3.8, 4) is 0 Å². The molecule has 0 aliphatic rings. The number of anilines is 1. The molecule has 0 spiro atoms. The molecule has 0 unspecified atom stereocenters. The summed E-state index contributed by atoms with van der Waals surface area (Å²) in [7, 11) is -3.39. The van der Waals surface area contributed by atoms with Crippen molar-refractivity contribution in [1.82, 2.24) is 4.31 Å². The van der Waals surface area contributed by atoms with E-state index in [9.17, 15) is 8.42 Å². The van der Waals surface area contributed by atoms with E-state index in [4.69, 9.17) is 0 Å². The van der Waals surface area contributed by atoms with Gasteiger partial charge in [-0.25, -0.2) is 8.42 Å². The maximum absolute atomic E-state index is 12.7. The van der Waals surface area contributed by atoms with Crippen molar-refractivity contribution in [2.45, 2.75) is 45.4 Å². The Morgan fingerprint density at radius 1 is 1.05 bits per heavy atom. The zero-order valence-corrected chi connectivity index (χ0v) is 14.4. The number of rotatable bonds is 9. The van der Waals surface area contributed by atoms with Crippen LogP contribution in [0, 0.1) is 5.92 Å². The molecule has 1 N–H and O–H groups in total. The number of benzene rings is 1. The van der Waals surface area contributed by atoms with Gasteiger partial charge in [-0.3, -0.25) is 0 Å². The molecule has 120 valence electrons. The summed E-state index contributed by atoms with van der Waals surface area (Å²) in [6.45, 7) is 10.1. The maximum atomic E-state index is 12.7. The SMILES string of the molecule is CCNc1ccc(S(=O)(=O)N(CC)CC(CC)CC)cc1. The number of sulfonamides is 1. The van der Waals surface area contributed by atoms with Gasteiger partial charge in [-0.2, -0.15) is 4.31 Å². The Kier molecular flexibility index (Phi) is 7.18. The lowest BCUT2D eigenvalue weighted by Crippen LogP contribution is -2.35. The molecule has 0 fully saturated rings. The average Bonchev–Trinajstić information content (AvgIpc) is 2.49. The first-order valence-corrected chi connectivity index (χ1v) is 9.27. The molecule has 0 bridgehead atoms. The van der Waals surface area contributed by atoms with Gasteiger partial charge in [0, 0.05) is 25.3 Å². The summed E-state index contributed by atoms with van der Waals surface area (Å²) in [6, 6.07) is 7.01. The van der Waals surface area contributed by atoms with Gasteiger partial charge in [-0.1, -0.05) is 33.6 Å². The average molecular weight is 312 g/mol. The zero-order valence-electron chi connectivity index (χ0n) is 13.6. The summed E-state index contributed by atoms with van der Waals surface area (Å²) in [5, 5.41) is 3.17. The Morgan fingerprint density at radius 3 is 2.05 bits per heavy atom. The van der Waals surface area contributed by atoms with Crippen LogP contribution in [0.15, 0.2) is 29.2 Å². The fourth-order valence-corrected chi connectivity index (χ4v) is 3.86. The first-order valence-electron chi connectivity index (χ1n) is 7.83. The van der Waals surface area contributed by atoms with Gasteiger partial charge < -0.3 is 5.32 Å². The van der Waals surface area contributed by atoms with Crippen LogP contribution in [-0.2, 0) is 10.0 Å². The molecule has 1 rings (SSSR count). The molecular formula is C16H28N2O2S. The van der Waals surface area contributed by atoms with Crippen LogP contribution < -0.4 is 5.32 Å². The van der Waals surface area contributed by atoms with Crippen LogP contribution in [0.2, 0.25) is 0 Å². The minimum absolute atomic E-state index is 0.372. The molecule has 1 aromatic rings. The largest absolute Gasteiger partial charge is 0.385 e. The minimum Gasteiger partial charge on any atom is -0.385 e. The minimum atomic E-state index is -3.39. The molecule has 0 aromatic heterocycles. The Labute approximate surface area is 129 Å². The first-order chi connectivity index (χ1) is 9.99. The maximum Gasteiger partial charge on any atom is 0.243 e. The predicted octanol–water partition coefficient (Wildman–Crippen LogP) is 3.57. The molecule has 0 aliphatic carbocycles. The van der Waals surface area contributed by atoms with E-state index in [0.717, 1.165) is 25.1 Å². The van der Waals surface area contributed by atoms with E-state index in [1.807, 2.05) is 26.0 Å². The van der Waals surface area contributed by atoms with Crippen LogP contribution in [0.4, 0.5) is 5.69 Å². The second-order valence-electron chi connectivity index (χ2n) is 5.19. The highest BCUT2D eigenvalue weighted by Gasteiger charge is 2.24. The van der Waals surface area contributed by atoms with Crippen molar-refractivity contribution >= 4 is 15.7 Å². The topological polar surface area (TPSA) is 49.4 Å². The highest BCUT2D eigenvalue weighted by atomic mass is 32.2. The molecule has 0 saturated heterocycles. The molecule has 0 aliphatic heterocycles. The van der Waals surface area contributed by atoms with Crippen molar-refractivity contribution in [3.63, 3.8) is 0 Å². The van der Waals surface area contributed by atoms with Crippen molar-refractivity contribution in [3.05, 3.63) is 24.3 Å². The molecule has 0 saturated carbocycles. The van der Waals surface area contributed by atoms with Crippen molar-refractivity contribution in [2.24, 2.45) is 5.92 Å². The predicted molar refractivity (Wildman–Crippen MR) is 89.1 cm³/mol. The van der Waals surface area contributed by atoms with Gasteiger partial charge in [0.2, 0.25) is 10.0 Å². The molecule has 0 radical (unpaired) electrons. The lowest BCUT2D eigenvalue weighted by molar-refractivity contribution is 0.339. The van der Waals surface area contributed by atoms with E-state index < -0.39 is 10.0 Å². The quantitative estimate of drug-likeness (QED) is 0.758. The number of hydrogen-bond donors (Lipinski definition) is 1. The second kappa shape index (κ2) is 8.39. The van der Waals surface area contributed by atoms with Gasteiger partial charge in [-0.05, 0) is 37.1 Å². The second-order valence-corrected chi connectivity index (χ2v) is 7.13. The highest BCUT2D eigenvalue weighted by molar-refractivity contribution is 7.89. The molecule has 0 heterocycles. The Bertz CT molecular complexity index is 508. The van der Waals surface area contributed by atoms with Crippen LogP contribution in [-0.4, -0.2) is 32.4 Å². The molecule has 0 atom stereocenters. The lowest BCUT2D eigenvalue weighted by Gasteiger charge is -2.25. The van der Waals surface area contributed by atoms with Crippen molar-refractivity contribution in [2.75, 3.05) is 25.0 Å². The first kappa shape index (κ1) is 18.0. The third kappa shape index (κ3) is 4.71. The lowest BCUT2D eigenvalue weighted by atomic mass is 10.0. The molecule has 21 heavy (non-hydrogen) atoms. The fourth-order valence-electron chi connectivity index (χ4n) is 2.33. The van der Waals surface area contributed by atoms with E-state index in [2.05, 4.69) is 19.2 Å². The molecule has 1 aromatic carbocycles. The molecule has 4 nitrogen and oxygen atoms in total. The summed E-state index contributed by atoms with van der Waals surface area (Å²) < 4.78 is 27.0. The van der Waals surface area contributed by atoms with Gasteiger partial charge in [0.05, 0.1) is 4.90 Å². The van der Waals surface area contributed by atoms with Crippen LogP contribution in [0.1, 0.15) is 40.5 Å². The van der Waals surface area contributed by atoms with Gasteiger partial charge in [-0.15, -0.1) is 0 Å². The monoisotopic (exact) mass is 312 g/mol. The van der Waals surface area contributed by atoms with E-state index in [1.165, 1.54) is 0 Å². The van der Waals surface area contributed by atoms with E-state index in [1.54, 1.807) is 16.4 Å². The van der Waals surface area contributed by atoms with Crippen LogP contribution >= 0.6 is 0 Å². The Balaban J connectivity index is 2.95. The highest BCUT2D eigenvalue weighted by Crippen LogP contribution is 2.21.